The van der Waals surface area contributed by atoms with E-state index < -0.39 is 11.7 Å². The van der Waals surface area contributed by atoms with Gasteiger partial charge in [0.05, 0.1) is 5.56 Å². The van der Waals surface area contributed by atoms with Crippen LogP contribution in [0.1, 0.15) is 18.4 Å². The highest BCUT2D eigenvalue weighted by atomic mass is 35.5. The Bertz CT molecular complexity index is 435. The summed E-state index contributed by atoms with van der Waals surface area (Å²) in [5.41, 5.74) is 4.64. The number of nitrogens with two attached hydrogens (primary N) is 1. The maximum atomic E-state index is 12.4. The minimum Gasteiger partial charge on any atom is -0.472 e. The SMILES string of the molecule is NC[C@@H](Oc1ncc(C(F)(F)F)cc1Cl)C1CC1. The van der Waals surface area contributed by atoms with Crippen LogP contribution in [0, 0.1) is 5.92 Å². The summed E-state index contributed by atoms with van der Waals surface area (Å²) in [6.45, 7) is 0.295. The first-order chi connectivity index (χ1) is 8.41. The summed E-state index contributed by atoms with van der Waals surface area (Å²) < 4.78 is 42.7. The molecule has 1 fully saturated rings. The van der Waals surface area contributed by atoms with Crippen molar-refractivity contribution in [3.63, 3.8) is 0 Å². The lowest BCUT2D eigenvalue weighted by Gasteiger charge is -2.17. The predicted octanol–water partition coefficient (Wildman–Crippen LogP) is 2.87. The molecular formula is C11H12ClF3N2O. The molecule has 0 saturated heterocycles. The molecule has 100 valence electrons. The van der Waals surface area contributed by atoms with Crippen molar-refractivity contribution >= 4 is 11.6 Å². The molecular weight excluding hydrogens is 269 g/mol. The van der Waals surface area contributed by atoms with E-state index in [1.165, 1.54) is 0 Å². The van der Waals surface area contributed by atoms with Crippen molar-refractivity contribution in [1.82, 2.24) is 4.98 Å². The molecule has 2 rings (SSSR count). The van der Waals surface area contributed by atoms with Gasteiger partial charge in [0, 0.05) is 12.7 Å². The number of rotatable bonds is 4. The number of nitrogens with zero attached hydrogens (tertiary/aromatic N) is 1. The number of alkyl halides is 3. The van der Waals surface area contributed by atoms with Gasteiger partial charge in [-0.2, -0.15) is 13.2 Å². The molecule has 1 aromatic rings. The molecule has 1 atom stereocenters. The van der Waals surface area contributed by atoms with Gasteiger partial charge in [-0.05, 0) is 24.8 Å². The van der Waals surface area contributed by atoms with E-state index in [4.69, 9.17) is 22.1 Å². The van der Waals surface area contributed by atoms with Crippen LogP contribution in [0.4, 0.5) is 13.2 Å². The first-order valence-corrected chi connectivity index (χ1v) is 5.89. The zero-order valence-electron chi connectivity index (χ0n) is 9.38. The van der Waals surface area contributed by atoms with Crippen molar-refractivity contribution in [3.8, 4) is 5.88 Å². The normalized spacial score (nSPS) is 17.6. The van der Waals surface area contributed by atoms with Gasteiger partial charge in [0.15, 0.2) is 0 Å². The van der Waals surface area contributed by atoms with Crippen LogP contribution in [0.3, 0.4) is 0 Å². The van der Waals surface area contributed by atoms with Crippen LogP contribution in [0.15, 0.2) is 12.3 Å². The highest BCUT2D eigenvalue weighted by Crippen LogP contribution is 2.37. The van der Waals surface area contributed by atoms with E-state index in [0.29, 0.717) is 18.7 Å². The minimum absolute atomic E-state index is 0.00650. The van der Waals surface area contributed by atoms with E-state index in [0.717, 1.165) is 18.9 Å². The number of ether oxygens (including phenoxy) is 1. The van der Waals surface area contributed by atoms with Crippen LogP contribution in [0.5, 0.6) is 5.88 Å². The topological polar surface area (TPSA) is 48.1 Å². The Labute approximate surface area is 107 Å². The van der Waals surface area contributed by atoms with E-state index in [-0.39, 0.29) is 17.0 Å². The van der Waals surface area contributed by atoms with Crippen molar-refractivity contribution in [1.29, 1.82) is 0 Å². The Morgan fingerprint density at radius 2 is 2.17 bits per heavy atom. The molecule has 3 nitrogen and oxygen atoms in total. The molecule has 0 unspecified atom stereocenters. The molecule has 7 heteroatoms. The van der Waals surface area contributed by atoms with Crippen molar-refractivity contribution in [2.45, 2.75) is 25.1 Å². The molecule has 0 aromatic carbocycles. The van der Waals surface area contributed by atoms with E-state index in [2.05, 4.69) is 4.98 Å². The second-order valence-electron chi connectivity index (χ2n) is 4.24. The summed E-state index contributed by atoms with van der Waals surface area (Å²) in [5, 5.41) is -0.149. The third-order valence-corrected chi connectivity index (χ3v) is 3.05. The molecule has 1 heterocycles. The summed E-state index contributed by atoms with van der Waals surface area (Å²) in [6, 6.07) is 0.810. The van der Waals surface area contributed by atoms with E-state index in [1.807, 2.05) is 0 Å². The van der Waals surface area contributed by atoms with Crippen molar-refractivity contribution in [3.05, 3.63) is 22.8 Å². The Hall–Kier alpha value is -1.01. The molecule has 0 radical (unpaired) electrons. The van der Waals surface area contributed by atoms with Gasteiger partial charge in [-0.25, -0.2) is 4.98 Å². The average Bonchev–Trinajstić information content (AvgIpc) is 3.10. The summed E-state index contributed by atoms with van der Waals surface area (Å²) in [7, 11) is 0. The van der Waals surface area contributed by atoms with Crippen LogP contribution >= 0.6 is 11.6 Å². The smallest absolute Gasteiger partial charge is 0.417 e. The fourth-order valence-electron chi connectivity index (χ4n) is 1.62. The molecule has 1 aliphatic carbocycles. The van der Waals surface area contributed by atoms with Crippen LogP contribution in [-0.2, 0) is 6.18 Å². The third kappa shape index (κ3) is 3.05. The first-order valence-electron chi connectivity index (χ1n) is 5.51. The van der Waals surface area contributed by atoms with Crippen LogP contribution in [-0.4, -0.2) is 17.6 Å². The average molecular weight is 281 g/mol. The summed E-state index contributed by atoms with van der Waals surface area (Å²) in [4.78, 5) is 3.61. The van der Waals surface area contributed by atoms with Crippen molar-refractivity contribution in [2.24, 2.45) is 11.7 Å². The van der Waals surface area contributed by atoms with Gasteiger partial charge in [-0.15, -0.1) is 0 Å². The van der Waals surface area contributed by atoms with Gasteiger partial charge in [-0.3, -0.25) is 0 Å². The maximum absolute atomic E-state index is 12.4. The Morgan fingerprint density at radius 1 is 1.50 bits per heavy atom. The number of pyridine rings is 1. The molecule has 18 heavy (non-hydrogen) atoms. The molecule has 0 aliphatic heterocycles. The second kappa shape index (κ2) is 4.93. The second-order valence-corrected chi connectivity index (χ2v) is 4.65. The lowest BCUT2D eigenvalue weighted by Crippen LogP contribution is -2.29. The van der Waals surface area contributed by atoms with Crippen LogP contribution in [0.2, 0.25) is 5.02 Å². The van der Waals surface area contributed by atoms with Gasteiger partial charge < -0.3 is 10.5 Å². The van der Waals surface area contributed by atoms with Crippen molar-refractivity contribution in [2.75, 3.05) is 6.54 Å². The number of hydrogen-bond acceptors (Lipinski definition) is 3. The lowest BCUT2D eigenvalue weighted by atomic mass is 10.2. The molecule has 1 aromatic heterocycles. The standard InChI is InChI=1S/C11H12ClF3N2O/c12-8-3-7(11(13,14)15)5-17-10(8)18-9(4-16)6-1-2-6/h3,5-6,9H,1-2,4,16H2/t9-/m1/s1. The van der Waals surface area contributed by atoms with Gasteiger partial charge in [0.2, 0.25) is 5.88 Å². The van der Waals surface area contributed by atoms with Gasteiger partial charge in [0.1, 0.15) is 11.1 Å². The van der Waals surface area contributed by atoms with Crippen LogP contribution in [0.25, 0.3) is 0 Å². The third-order valence-electron chi connectivity index (χ3n) is 2.78. The quantitative estimate of drug-likeness (QED) is 0.922. The summed E-state index contributed by atoms with van der Waals surface area (Å²) >= 11 is 5.73. The van der Waals surface area contributed by atoms with Gasteiger partial charge in [-0.1, -0.05) is 11.6 Å². The summed E-state index contributed by atoms with van der Waals surface area (Å²) in [5.74, 6) is 0.363. The van der Waals surface area contributed by atoms with E-state index >= 15 is 0 Å². The molecule has 1 aliphatic rings. The number of hydrogen-bond donors (Lipinski definition) is 1. The fourth-order valence-corrected chi connectivity index (χ4v) is 1.83. The Morgan fingerprint density at radius 3 is 2.61 bits per heavy atom. The largest absolute Gasteiger partial charge is 0.472 e. The lowest BCUT2D eigenvalue weighted by molar-refractivity contribution is -0.137. The maximum Gasteiger partial charge on any atom is 0.417 e. The van der Waals surface area contributed by atoms with E-state index in [1.54, 1.807) is 0 Å². The molecule has 0 bridgehead atoms. The zero-order valence-corrected chi connectivity index (χ0v) is 10.1. The Balaban J connectivity index is 2.14. The fraction of sp³-hybridized carbons (Fsp3) is 0.545. The highest BCUT2D eigenvalue weighted by Gasteiger charge is 2.34. The number of halogens is 4. The summed E-state index contributed by atoms with van der Waals surface area (Å²) in [6.07, 6.45) is -1.95. The zero-order chi connectivity index (χ0) is 13.3. The van der Waals surface area contributed by atoms with E-state index in [9.17, 15) is 13.2 Å². The highest BCUT2D eigenvalue weighted by molar-refractivity contribution is 6.31. The number of aromatic nitrogens is 1. The molecule has 1 saturated carbocycles. The molecule has 2 N–H and O–H groups in total. The first kappa shape index (κ1) is 13.4. The molecule has 0 spiro atoms. The van der Waals surface area contributed by atoms with Crippen LogP contribution < -0.4 is 10.5 Å². The van der Waals surface area contributed by atoms with Gasteiger partial charge in [0.25, 0.3) is 0 Å². The van der Waals surface area contributed by atoms with Crippen molar-refractivity contribution < 1.29 is 17.9 Å². The minimum atomic E-state index is -4.46. The van der Waals surface area contributed by atoms with Gasteiger partial charge >= 0.3 is 6.18 Å². The Kier molecular flexibility index (Phi) is 3.68. The molecule has 0 amide bonds. The predicted molar refractivity (Wildman–Crippen MR) is 60.4 cm³/mol. The monoisotopic (exact) mass is 280 g/mol.